The van der Waals surface area contributed by atoms with Gasteiger partial charge in [0.2, 0.25) is 0 Å². The molecule has 1 saturated heterocycles. The Bertz CT molecular complexity index is 893. The van der Waals surface area contributed by atoms with Gasteiger partial charge in [-0.1, -0.05) is 12.1 Å². The van der Waals surface area contributed by atoms with E-state index in [1.807, 2.05) is 24.3 Å². The zero-order chi connectivity index (χ0) is 17.2. The van der Waals surface area contributed by atoms with Crippen molar-refractivity contribution in [2.24, 2.45) is 0 Å². The predicted molar refractivity (Wildman–Crippen MR) is 96.9 cm³/mol. The molecule has 0 spiro atoms. The first-order valence-corrected chi connectivity index (χ1v) is 8.29. The average Bonchev–Trinajstić information content (AvgIpc) is 2.68. The summed E-state index contributed by atoms with van der Waals surface area (Å²) >= 11 is 0. The molecule has 0 bridgehead atoms. The maximum absolute atomic E-state index is 14.0. The number of piperazine rings is 1. The number of para-hydroxylation sites is 1. The van der Waals surface area contributed by atoms with Gasteiger partial charge in [-0.25, -0.2) is 14.4 Å². The van der Waals surface area contributed by atoms with Crippen molar-refractivity contribution in [3.8, 4) is 5.75 Å². The molecule has 1 aliphatic heterocycles. The summed E-state index contributed by atoms with van der Waals surface area (Å²) in [6.07, 6.45) is 1.44. The molecule has 0 unspecified atom stereocenters. The van der Waals surface area contributed by atoms with Crippen LogP contribution in [0.5, 0.6) is 5.75 Å². The molecule has 128 valence electrons. The maximum Gasteiger partial charge on any atom is 0.149 e. The van der Waals surface area contributed by atoms with Crippen molar-refractivity contribution >= 4 is 22.4 Å². The third kappa shape index (κ3) is 2.95. The van der Waals surface area contributed by atoms with Crippen LogP contribution in [0.1, 0.15) is 0 Å². The summed E-state index contributed by atoms with van der Waals surface area (Å²) in [6, 6.07) is 13.1. The van der Waals surface area contributed by atoms with Crippen LogP contribution in [0, 0.1) is 5.82 Å². The molecule has 0 amide bonds. The first kappa shape index (κ1) is 15.6. The highest BCUT2D eigenvalue weighted by molar-refractivity contribution is 5.89. The summed E-state index contributed by atoms with van der Waals surface area (Å²) < 4.78 is 19.3. The SMILES string of the molecule is COc1cccc(N2CCN(c3ncnc4c(F)cccc34)CC2)c1. The first-order chi connectivity index (χ1) is 12.3. The van der Waals surface area contributed by atoms with E-state index in [0.717, 1.165) is 48.8 Å². The number of fused-ring (bicyclic) bond motifs is 1. The molecule has 3 aromatic rings. The molecular formula is C19H19FN4O. The van der Waals surface area contributed by atoms with E-state index in [0.29, 0.717) is 5.52 Å². The molecule has 25 heavy (non-hydrogen) atoms. The molecule has 1 aliphatic rings. The van der Waals surface area contributed by atoms with E-state index in [9.17, 15) is 4.39 Å². The zero-order valence-electron chi connectivity index (χ0n) is 14.0. The Morgan fingerprint density at radius 2 is 1.72 bits per heavy atom. The smallest absolute Gasteiger partial charge is 0.149 e. The van der Waals surface area contributed by atoms with Gasteiger partial charge >= 0.3 is 0 Å². The highest BCUT2D eigenvalue weighted by Gasteiger charge is 2.21. The Labute approximate surface area is 145 Å². The highest BCUT2D eigenvalue weighted by Crippen LogP contribution is 2.27. The minimum absolute atomic E-state index is 0.309. The van der Waals surface area contributed by atoms with Gasteiger partial charge in [-0.15, -0.1) is 0 Å². The Morgan fingerprint density at radius 1 is 0.960 bits per heavy atom. The van der Waals surface area contributed by atoms with Crippen LogP contribution in [0.25, 0.3) is 10.9 Å². The van der Waals surface area contributed by atoms with Crippen LogP contribution >= 0.6 is 0 Å². The van der Waals surface area contributed by atoms with Crippen LogP contribution in [0.4, 0.5) is 15.9 Å². The molecule has 5 nitrogen and oxygen atoms in total. The second kappa shape index (κ2) is 6.55. The van der Waals surface area contributed by atoms with Gasteiger partial charge in [-0.3, -0.25) is 0 Å². The molecule has 0 radical (unpaired) electrons. The Balaban J connectivity index is 1.55. The van der Waals surface area contributed by atoms with Crippen LogP contribution in [0.3, 0.4) is 0 Å². The van der Waals surface area contributed by atoms with E-state index in [1.165, 1.54) is 12.4 Å². The van der Waals surface area contributed by atoms with E-state index in [-0.39, 0.29) is 5.82 Å². The van der Waals surface area contributed by atoms with Gasteiger partial charge in [0.15, 0.2) is 0 Å². The second-order valence-corrected chi connectivity index (χ2v) is 6.01. The number of hydrogen-bond acceptors (Lipinski definition) is 5. The monoisotopic (exact) mass is 338 g/mol. The standard InChI is InChI=1S/C19H19FN4O/c1-25-15-5-2-4-14(12-15)23-8-10-24(11-9-23)19-16-6-3-7-17(20)18(16)21-13-22-19/h2-7,12-13H,8-11H2,1H3. The summed E-state index contributed by atoms with van der Waals surface area (Å²) in [5.41, 5.74) is 1.53. The molecule has 4 rings (SSSR count). The number of nitrogens with zero attached hydrogens (tertiary/aromatic N) is 4. The fourth-order valence-corrected chi connectivity index (χ4v) is 3.27. The lowest BCUT2D eigenvalue weighted by molar-refractivity contribution is 0.414. The van der Waals surface area contributed by atoms with Gasteiger partial charge in [0, 0.05) is 43.3 Å². The summed E-state index contributed by atoms with van der Waals surface area (Å²) in [6.45, 7) is 3.38. The highest BCUT2D eigenvalue weighted by atomic mass is 19.1. The fourth-order valence-electron chi connectivity index (χ4n) is 3.27. The molecule has 1 fully saturated rings. The van der Waals surface area contributed by atoms with Crippen LogP contribution in [0.15, 0.2) is 48.8 Å². The van der Waals surface area contributed by atoms with Crippen molar-refractivity contribution in [3.05, 3.63) is 54.6 Å². The van der Waals surface area contributed by atoms with Crippen LogP contribution in [-0.4, -0.2) is 43.3 Å². The van der Waals surface area contributed by atoms with Crippen LogP contribution < -0.4 is 14.5 Å². The summed E-state index contributed by atoms with van der Waals surface area (Å²) in [4.78, 5) is 13.0. The van der Waals surface area contributed by atoms with Crippen molar-refractivity contribution in [1.82, 2.24) is 9.97 Å². The van der Waals surface area contributed by atoms with Gasteiger partial charge in [-0.2, -0.15) is 0 Å². The van der Waals surface area contributed by atoms with Gasteiger partial charge in [-0.05, 0) is 24.3 Å². The minimum atomic E-state index is -0.309. The minimum Gasteiger partial charge on any atom is -0.497 e. The largest absolute Gasteiger partial charge is 0.497 e. The quantitative estimate of drug-likeness (QED) is 0.734. The maximum atomic E-state index is 14.0. The predicted octanol–water partition coefficient (Wildman–Crippen LogP) is 3.10. The lowest BCUT2D eigenvalue weighted by Gasteiger charge is -2.37. The van der Waals surface area contributed by atoms with Crippen molar-refractivity contribution in [3.63, 3.8) is 0 Å². The van der Waals surface area contributed by atoms with Crippen molar-refractivity contribution < 1.29 is 9.13 Å². The van der Waals surface area contributed by atoms with Gasteiger partial charge in [0.1, 0.15) is 29.2 Å². The lowest BCUT2D eigenvalue weighted by atomic mass is 10.2. The summed E-state index contributed by atoms with van der Waals surface area (Å²) in [7, 11) is 1.68. The Morgan fingerprint density at radius 3 is 2.52 bits per heavy atom. The van der Waals surface area contributed by atoms with E-state index < -0.39 is 0 Å². The van der Waals surface area contributed by atoms with Gasteiger partial charge in [0.25, 0.3) is 0 Å². The number of hydrogen-bond donors (Lipinski definition) is 0. The molecule has 6 heteroatoms. The van der Waals surface area contributed by atoms with Crippen LogP contribution in [-0.2, 0) is 0 Å². The second-order valence-electron chi connectivity index (χ2n) is 6.01. The number of anilines is 2. The molecular weight excluding hydrogens is 319 g/mol. The van der Waals surface area contributed by atoms with E-state index in [2.05, 4.69) is 25.8 Å². The van der Waals surface area contributed by atoms with Crippen molar-refractivity contribution in [2.45, 2.75) is 0 Å². The average molecular weight is 338 g/mol. The number of rotatable bonds is 3. The lowest BCUT2D eigenvalue weighted by Crippen LogP contribution is -2.46. The molecule has 0 atom stereocenters. The molecule has 2 aromatic carbocycles. The first-order valence-electron chi connectivity index (χ1n) is 8.29. The normalized spacial score (nSPS) is 14.8. The zero-order valence-corrected chi connectivity index (χ0v) is 14.0. The number of halogens is 1. The summed E-state index contributed by atoms with van der Waals surface area (Å²) in [5.74, 6) is 1.35. The van der Waals surface area contributed by atoms with E-state index in [1.54, 1.807) is 13.2 Å². The van der Waals surface area contributed by atoms with Gasteiger partial charge in [0.05, 0.1) is 7.11 Å². The molecule has 0 aliphatic carbocycles. The number of aromatic nitrogens is 2. The van der Waals surface area contributed by atoms with Crippen molar-refractivity contribution in [1.29, 1.82) is 0 Å². The van der Waals surface area contributed by atoms with E-state index >= 15 is 0 Å². The topological polar surface area (TPSA) is 41.5 Å². The third-order valence-electron chi connectivity index (χ3n) is 4.59. The molecule has 1 aromatic heterocycles. The van der Waals surface area contributed by atoms with Crippen molar-refractivity contribution in [2.75, 3.05) is 43.1 Å². The molecule has 0 N–H and O–H groups in total. The number of methoxy groups -OCH3 is 1. The fraction of sp³-hybridized carbons (Fsp3) is 0.263. The number of benzene rings is 2. The third-order valence-corrected chi connectivity index (χ3v) is 4.59. The van der Waals surface area contributed by atoms with E-state index in [4.69, 9.17) is 4.74 Å². The van der Waals surface area contributed by atoms with Gasteiger partial charge < -0.3 is 14.5 Å². The summed E-state index contributed by atoms with van der Waals surface area (Å²) in [5, 5.41) is 0.761. The Hall–Kier alpha value is -2.89. The molecule has 0 saturated carbocycles. The Kier molecular flexibility index (Phi) is 4.09. The molecule has 2 heterocycles. The number of ether oxygens (including phenoxy) is 1. The van der Waals surface area contributed by atoms with Crippen LogP contribution in [0.2, 0.25) is 0 Å².